The molecule has 7 nitrogen and oxygen atoms in total. The van der Waals surface area contributed by atoms with Gasteiger partial charge in [-0.3, -0.25) is 4.79 Å². The molecule has 1 N–H and O–H groups in total. The maximum Gasteiger partial charge on any atom is 0.243 e. The Hall–Kier alpha value is -2.20. The number of amides is 1. The summed E-state index contributed by atoms with van der Waals surface area (Å²) in [5.41, 5.74) is 0.936. The molecule has 3 rings (SSSR count). The van der Waals surface area contributed by atoms with Crippen LogP contribution in [-0.2, 0) is 26.1 Å². The van der Waals surface area contributed by atoms with Crippen molar-refractivity contribution >= 4 is 27.5 Å². The van der Waals surface area contributed by atoms with Crippen LogP contribution in [0.4, 0.5) is 4.39 Å². The number of piperidine rings is 1. The lowest BCUT2D eigenvalue weighted by Crippen LogP contribution is -2.42. The summed E-state index contributed by atoms with van der Waals surface area (Å²) in [6.45, 7) is 1.78. The van der Waals surface area contributed by atoms with Gasteiger partial charge in [-0.1, -0.05) is 23.7 Å². The van der Waals surface area contributed by atoms with Crippen molar-refractivity contribution < 1.29 is 27.1 Å². The molecule has 1 aliphatic rings. The summed E-state index contributed by atoms with van der Waals surface area (Å²) in [5, 5.41) is 2.67. The zero-order valence-corrected chi connectivity index (χ0v) is 19.3. The van der Waals surface area contributed by atoms with Crippen LogP contribution in [0, 0.1) is 11.7 Å². The molecular formula is C22H26ClFN2O5S. The van der Waals surface area contributed by atoms with Crippen molar-refractivity contribution in [2.24, 2.45) is 5.92 Å². The second kappa shape index (κ2) is 11.1. The number of carbonyl (C=O) groups is 1. The predicted octanol–water partition coefficient (Wildman–Crippen LogP) is 3.22. The second-order valence-corrected chi connectivity index (χ2v) is 9.80. The van der Waals surface area contributed by atoms with E-state index in [1.165, 1.54) is 10.4 Å². The lowest BCUT2D eigenvalue weighted by atomic mass is 9.97. The summed E-state index contributed by atoms with van der Waals surface area (Å²) in [7, 11) is -2.18. The molecule has 0 aliphatic carbocycles. The fourth-order valence-electron chi connectivity index (χ4n) is 3.42. The predicted molar refractivity (Wildman–Crippen MR) is 119 cm³/mol. The van der Waals surface area contributed by atoms with Crippen molar-refractivity contribution in [1.29, 1.82) is 0 Å². The fourth-order valence-corrected chi connectivity index (χ4v) is 5.17. The van der Waals surface area contributed by atoms with E-state index in [-0.39, 0.29) is 34.8 Å². The van der Waals surface area contributed by atoms with Crippen LogP contribution in [0.5, 0.6) is 5.75 Å². The highest BCUT2D eigenvalue weighted by atomic mass is 35.5. The highest BCUT2D eigenvalue weighted by molar-refractivity contribution is 7.89. The summed E-state index contributed by atoms with van der Waals surface area (Å²) in [6.07, 6.45) is 0.818. The van der Waals surface area contributed by atoms with Gasteiger partial charge in [0.25, 0.3) is 0 Å². The number of nitrogens with one attached hydrogen (secondary N) is 1. The summed E-state index contributed by atoms with van der Waals surface area (Å²) in [6, 6.07) is 10.8. The number of carbonyl (C=O) groups excluding carboxylic acids is 1. The molecule has 0 bridgehead atoms. The van der Waals surface area contributed by atoms with Crippen LogP contribution in [0.2, 0.25) is 5.02 Å². The third kappa shape index (κ3) is 6.19. The Morgan fingerprint density at radius 3 is 2.47 bits per heavy atom. The van der Waals surface area contributed by atoms with Crippen LogP contribution in [-0.4, -0.2) is 52.0 Å². The van der Waals surface area contributed by atoms with Gasteiger partial charge in [0.15, 0.2) is 0 Å². The number of methoxy groups -OCH3 is 1. The van der Waals surface area contributed by atoms with Crippen molar-refractivity contribution in [1.82, 2.24) is 9.62 Å². The zero-order valence-electron chi connectivity index (χ0n) is 17.7. The smallest absolute Gasteiger partial charge is 0.243 e. The summed E-state index contributed by atoms with van der Waals surface area (Å²) < 4.78 is 50.7. The van der Waals surface area contributed by atoms with Gasteiger partial charge in [0.1, 0.15) is 18.2 Å². The molecule has 0 aromatic heterocycles. The van der Waals surface area contributed by atoms with Gasteiger partial charge in [-0.25, -0.2) is 12.8 Å². The van der Waals surface area contributed by atoms with E-state index in [0.29, 0.717) is 32.6 Å². The third-order valence-electron chi connectivity index (χ3n) is 5.30. The number of sulfonamides is 1. The number of hydrogen-bond acceptors (Lipinski definition) is 5. The van der Waals surface area contributed by atoms with Crippen LogP contribution < -0.4 is 10.1 Å². The maximum atomic E-state index is 13.4. The van der Waals surface area contributed by atoms with Crippen molar-refractivity contribution in [3.8, 4) is 5.75 Å². The average molecular weight is 485 g/mol. The fraction of sp³-hybridized carbons (Fsp3) is 0.409. The molecule has 1 amide bonds. The topological polar surface area (TPSA) is 84.9 Å². The number of hydrogen-bond donors (Lipinski definition) is 1. The van der Waals surface area contributed by atoms with Crippen molar-refractivity contribution in [2.75, 3.05) is 33.4 Å². The van der Waals surface area contributed by atoms with E-state index in [2.05, 4.69) is 5.32 Å². The maximum absolute atomic E-state index is 13.4. The van der Waals surface area contributed by atoms with E-state index >= 15 is 0 Å². The van der Waals surface area contributed by atoms with Gasteiger partial charge in [-0.15, -0.1) is 0 Å². The van der Waals surface area contributed by atoms with E-state index < -0.39 is 15.8 Å². The average Bonchev–Trinajstić information content (AvgIpc) is 2.80. The molecule has 10 heteroatoms. The van der Waals surface area contributed by atoms with E-state index in [1.807, 2.05) is 24.3 Å². The first-order chi connectivity index (χ1) is 15.3. The number of rotatable bonds is 9. The van der Waals surface area contributed by atoms with Crippen LogP contribution in [0.3, 0.4) is 0 Å². The van der Waals surface area contributed by atoms with Gasteiger partial charge in [0, 0.05) is 32.7 Å². The molecule has 0 radical (unpaired) electrons. The molecule has 2 aromatic rings. The number of halogens is 2. The molecule has 0 spiro atoms. The first-order valence-electron chi connectivity index (χ1n) is 10.2. The molecule has 174 valence electrons. The highest BCUT2D eigenvalue weighted by Crippen LogP contribution is 2.26. The normalized spacial score (nSPS) is 15.5. The van der Waals surface area contributed by atoms with Gasteiger partial charge in [-0.2, -0.15) is 4.31 Å². The highest BCUT2D eigenvalue weighted by Gasteiger charge is 2.32. The Bertz CT molecular complexity index is 1030. The summed E-state index contributed by atoms with van der Waals surface area (Å²) in [4.78, 5) is 12.5. The largest absolute Gasteiger partial charge is 0.491 e. The molecule has 0 unspecified atom stereocenters. The first kappa shape index (κ1) is 24.4. The second-order valence-electron chi connectivity index (χ2n) is 7.46. The minimum absolute atomic E-state index is 0.0542. The molecular weight excluding hydrogens is 459 g/mol. The van der Waals surface area contributed by atoms with Gasteiger partial charge >= 0.3 is 0 Å². The lowest BCUT2D eigenvalue weighted by molar-refractivity contribution is -0.126. The van der Waals surface area contributed by atoms with Crippen molar-refractivity contribution in [2.45, 2.75) is 24.3 Å². The van der Waals surface area contributed by atoms with E-state index in [1.54, 1.807) is 7.11 Å². The van der Waals surface area contributed by atoms with E-state index in [0.717, 1.165) is 23.4 Å². The van der Waals surface area contributed by atoms with Crippen LogP contribution in [0.15, 0.2) is 47.4 Å². The van der Waals surface area contributed by atoms with Gasteiger partial charge < -0.3 is 14.8 Å². The SMILES string of the molecule is COCCOc1ccc(CNC(=O)C2CCN(S(=O)(=O)c3ccc(F)c(Cl)c3)CC2)cc1. The minimum atomic E-state index is -3.79. The number of nitrogens with zero attached hydrogens (tertiary/aromatic N) is 1. The van der Waals surface area contributed by atoms with Crippen molar-refractivity contribution in [3.05, 3.63) is 58.9 Å². The van der Waals surface area contributed by atoms with Gasteiger partial charge in [0.2, 0.25) is 15.9 Å². The van der Waals surface area contributed by atoms with Crippen molar-refractivity contribution in [3.63, 3.8) is 0 Å². The summed E-state index contributed by atoms with van der Waals surface area (Å²) in [5.74, 6) is -0.315. The molecule has 0 atom stereocenters. The van der Waals surface area contributed by atoms with Gasteiger partial charge in [0.05, 0.1) is 16.5 Å². The molecule has 1 saturated heterocycles. The van der Waals surface area contributed by atoms with Crippen LogP contribution in [0.25, 0.3) is 0 Å². The van der Waals surface area contributed by atoms with E-state index in [4.69, 9.17) is 21.1 Å². The monoisotopic (exact) mass is 484 g/mol. The van der Waals surface area contributed by atoms with Crippen LogP contribution in [0.1, 0.15) is 18.4 Å². The Balaban J connectivity index is 1.48. The minimum Gasteiger partial charge on any atom is -0.491 e. The quantitative estimate of drug-likeness (QED) is 0.552. The summed E-state index contributed by atoms with van der Waals surface area (Å²) >= 11 is 5.72. The molecule has 32 heavy (non-hydrogen) atoms. The molecule has 2 aromatic carbocycles. The number of ether oxygens (including phenoxy) is 2. The Kier molecular flexibility index (Phi) is 8.47. The zero-order chi connectivity index (χ0) is 23.1. The van der Waals surface area contributed by atoms with Gasteiger partial charge in [-0.05, 0) is 48.7 Å². The Morgan fingerprint density at radius 1 is 1.16 bits per heavy atom. The third-order valence-corrected chi connectivity index (χ3v) is 7.48. The Labute approximate surface area is 192 Å². The standard InChI is InChI=1S/C22H26ClFN2O5S/c1-30-12-13-31-18-4-2-16(3-5-18)15-25-22(27)17-8-10-26(11-9-17)32(28,29)19-6-7-21(24)20(23)14-19/h2-7,14,17H,8-13,15H2,1H3,(H,25,27). The molecule has 0 saturated carbocycles. The lowest BCUT2D eigenvalue weighted by Gasteiger charge is -2.30. The van der Waals surface area contributed by atoms with E-state index in [9.17, 15) is 17.6 Å². The Morgan fingerprint density at radius 2 is 1.84 bits per heavy atom. The first-order valence-corrected chi connectivity index (χ1v) is 12.1. The molecule has 1 aliphatic heterocycles. The number of benzene rings is 2. The molecule has 1 fully saturated rings. The van der Waals surface area contributed by atoms with Crippen LogP contribution >= 0.6 is 11.6 Å². The molecule has 1 heterocycles.